The lowest BCUT2D eigenvalue weighted by molar-refractivity contribution is -0.151. The van der Waals surface area contributed by atoms with Gasteiger partial charge in [0.15, 0.2) is 0 Å². The van der Waals surface area contributed by atoms with Crippen LogP contribution in [0.4, 0.5) is 9.59 Å². The van der Waals surface area contributed by atoms with Crippen molar-refractivity contribution >= 4 is 47.6 Å². The molecule has 0 spiro atoms. The van der Waals surface area contributed by atoms with Gasteiger partial charge >= 0.3 is 24.0 Å². The van der Waals surface area contributed by atoms with Crippen molar-refractivity contribution in [3.8, 4) is 0 Å². The van der Waals surface area contributed by atoms with E-state index in [0.29, 0.717) is 12.1 Å². The van der Waals surface area contributed by atoms with Gasteiger partial charge in [-0.25, -0.2) is 19.3 Å². The number of ether oxygens (including phenoxy) is 1. The van der Waals surface area contributed by atoms with Gasteiger partial charge in [0.1, 0.15) is 29.8 Å². The molecule has 0 radical (unpaired) electrons. The fourth-order valence-electron chi connectivity index (χ4n) is 4.83. The number of hydrogen-bond acceptors (Lipinski definition) is 8. The highest BCUT2D eigenvalue weighted by Crippen LogP contribution is 2.40. The van der Waals surface area contributed by atoms with Gasteiger partial charge in [-0.2, -0.15) is 0 Å². The van der Waals surface area contributed by atoms with Gasteiger partial charge in [0.2, 0.25) is 5.91 Å². The molecule has 5 rings (SSSR count). The van der Waals surface area contributed by atoms with E-state index in [9.17, 15) is 33.9 Å². The molecule has 3 heterocycles. The number of aliphatic carboxylic acids is 1. The molecule has 6 amide bonds. The second-order valence-corrected chi connectivity index (χ2v) is 10.7. The Kier molecular flexibility index (Phi) is 7.21. The molecule has 39 heavy (non-hydrogen) atoms. The summed E-state index contributed by atoms with van der Waals surface area (Å²) >= 11 is 1.23. The molecule has 3 N–H and O–H groups in total. The number of carboxylic acids is 1. The molecule has 1 unspecified atom stereocenters. The topological polar surface area (TPSA) is 166 Å². The van der Waals surface area contributed by atoms with Crippen molar-refractivity contribution in [3.63, 3.8) is 0 Å². The zero-order valence-electron chi connectivity index (χ0n) is 21.0. The van der Waals surface area contributed by atoms with E-state index in [1.807, 2.05) is 0 Å². The maximum absolute atomic E-state index is 13.4. The average molecular weight is 558 g/mol. The summed E-state index contributed by atoms with van der Waals surface area (Å²) < 4.78 is 4.93. The number of nitrogens with one attached hydrogen (secondary N) is 2. The Labute approximate surface area is 227 Å². The van der Waals surface area contributed by atoms with Crippen LogP contribution in [0.2, 0.25) is 0 Å². The Balaban J connectivity index is 1.30. The molecule has 1 aliphatic carbocycles. The highest BCUT2D eigenvalue weighted by Gasteiger charge is 2.54. The molecule has 3 atom stereocenters. The normalized spacial score (nSPS) is 23.2. The maximum Gasteiger partial charge on any atom is 0.352 e. The van der Waals surface area contributed by atoms with Gasteiger partial charge in [0.05, 0.1) is 0 Å². The lowest BCUT2D eigenvalue weighted by atomic mass is 10.0. The molecule has 14 heteroatoms. The highest BCUT2D eigenvalue weighted by molar-refractivity contribution is 8.00. The number of amides is 6. The van der Waals surface area contributed by atoms with Crippen LogP contribution in [0, 0.1) is 0 Å². The third kappa shape index (κ3) is 5.15. The summed E-state index contributed by atoms with van der Waals surface area (Å²) in [6, 6.07) is 5.22. The number of carbonyl (C=O) groups is 6. The molecule has 1 aromatic carbocycles. The molecule has 4 aliphatic rings. The number of hydrogen-bond donors (Lipinski definition) is 3. The second-order valence-electron chi connectivity index (χ2n) is 9.59. The minimum atomic E-state index is -1.34. The molecule has 1 saturated carbocycles. The van der Waals surface area contributed by atoms with Gasteiger partial charge in [-0.3, -0.25) is 19.3 Å². The Morgan fingerprint density at radius 1 is 1.13 bits per heavy atom. The molecule has 1 aromatic rings. The lowest BCUT2D eigenvalue weighted by Gasteiger charge is -2.49. The Morgan fingerprint density at radius 3 is 2.49 bits per heavy atom. The van der Waals surface area contributed by atoms with Crippen LogP contribution in [-0.4, -0.2) is 98.5 Å². The van der Waals surface area contributed by atoms with Crippen LogP contribution in [-0.2, 0) is 23.9 Å². The van der Waals surface area contributed by atoms with E-state index in [2.05, 4.69) is 10.6 Å². The number of carboxylic acid groups (broad SMARTS) is 1. The number of carbonyl (C=O) groups excluding carboxylic acids is 5. The Bertz CT molecular complexity index is 1270. The van der Waals surface area contributed by atoms with Gasteiger partial charge < -0.3 is 25.4 Å². The number of esters is 1. The quantitative estimate of drug-likeness (QED) is 0.307. The zero-order valence-corrected chi connectivity index (χ0v) is 21.8. The molecule has 0 aromatic heterocycles. The molecule has 2 saturated heterocycles. The van der Waals surface area contributed by atoms with E-state index in [4.69, 9.17) is 4.74 Å². The van der Waals surface area contributed by atoms with Gasteiger partial charge in [0.25, 0.3) is 5.91 Å². The largest absolute Gasteiger partial charge is 0.477 e. The summed E-state index contributed by atoms with van der Waals surface area (Å²) in [5.74, 6) is -3.05. The predicted molar refractivity (Wildman–Crippen MR) is 136 cm³/mol. The van der Waals surface area contributed by atoms with Crippen molar-refractivity contribution in [3.05, 3.63) is 47.2 Å². The standard InChI is InChI=1S/C25H27N5O8S/c1-13(31)38-11-15-12-39-22-18(21(33)30(22)19(15)23(34)35)26-20(32)17(14-5-3-2-4-6-14)27-24(36)29-10-9-28(25(29)37)16-7-8-16/h2-6,16-18,22H,7-12H2,1H3,(H,26,32)(H,27,36)(H,34,35)/t17-,18?,22-/m1/s1. The SMILES string of the molecule is CC(=O)OCC1=C(C(=O)O)N2C(=O)C(NC(=O)[C@H](NC(=O)N3CCN(C4CC4)C3=O)c3ccccc3)[C@H]2SC1. The van der Waals surface area contributed by atoms with E-state index < -0.39 is 53.3 Å². The molecule has 13 nitrogen and oxygen atoms in total. The summed E-state index contributed by atoms with van der Waals surface area (Å²) in [7, 11) is 0. The molecule has 3 fully saturated rings. The molecule has 0 bridgehead atoms. The van der Waals surface area contributed by atoms with Crippen LogP contribution in [0.5, 0.6) is 0 Å². The number of β-lactam (4-membered cyclic amide) rings is 1. The van der Waals surface area contributed by atoms with Crippen molar-refractivity contribution in [1.82, 2.24) is 25.3 Å². The first-order valence-electron chi connectivity index (χ1n) is 12.4. The second kappa shape index (κ2) is 10.6. The van der Waals surface area contributed by atoms with Gasteiger partial charge in [-0.15, -0.1) is 11.8 Å². The van der Waals surface area contributed by atoms with E-state index in [0.717, 1.165) is 22.6 Å². The van der Waals surface area contributed by atoms with E-state index in [1.54, 1.807) is 35.2 Å². The number of fused-ring (bicyclic) bond motifs is 1. The van der Waals surface area contributed by atoms with E-state index in [-0.39, 0.29) is 36.2 Å². The first-order valence-corrected chi connectivity index (χ1v) is 13.5. The number of rotatable bonds is 8. The van der Waals surface area contributed by atoms with Gasteiger partial charge in [0, 0.05) is 37.4 Å². The summed E-state index contributed by atoms with van der Waals surface area (Å²) in [4.78, 5) is 79.1. The maximum atomic E-state index is 13.4. The van der Waals surface area contributed by atoms with Crippen molar-refractivity contribution < 1.29 is 38.6 Å². The summed E-state index contributed by atoms with van der Waals surface area (Å²) in [6.45, 7) is 1.58. The van der Waals surface area contributed by atoms with Crippen LogP contribution in [0.25, 0.3) is 0 Å². The monoisotopic (exact) mass is 557 g/mol. The number of imide groups is 1. The van der Waals surface area contributed by atoms with E-state index >= 15 is 0 Å². The minimum absolute atomic E-state index is 0.156. The molecule has 206 valence electrons. The third-order valence-corrected chi connectivity index (χ3v) is 8.27. The van der Waals surface area contributed by atoms with Crippen molar-refractivity contribution in [1.29, 1.82) is 0 Å². The third-order valence-electron chi connectivity index (χ3n) is 6.93. The van der Waals surface area contributed by atoms with Gasteiger partial charge in [-0.1, -0.05) is 30.3 Å². The fraction of sp³-hybridized carbons (Fsp3) is 0.440. The van der Waals surface area contributed by atoms with Crippen LogP contribution >= 0.6 is 11.8 Å². The van der Waals surface area contributed by atoms with Crippen LogP contribution in [0.1, 0.15) is 31.4 Å². The smallest absolute Gasteiger partial charge is 0.352 e. The highest BCUT2D eigenvalue weighted by atomic mass is 32.2. The Hall–Kier alpha value is -4.07. The van der Waals surface area contributed by atoms with Crippen LogP contribution < -0.4 is 10.6 Å². The van der Waals surface area contributed by atoms with Crippen LogP contribution in [0.15, 0.2) is 41.6 Å². The molecular formula is C25H27N5O8S. The number of benzene rings is 1. The fourth-order valence-corrected chi connectivity index (χ4v) is 6.16. The van der Waals surface area contributed by atoms with Gasteiger partial charge in [-0.05, 0) is 18.4 Å². The van der Waals surface area contributed by atoms with E-state index in [1.165, 1.54) is 18.7 Å². The predicted octanol–water partition coefficient (Wildman–Crippen LogP) is 0.639. The number of nitrogens with zero attached hydrogens (tertiary/aromatic N) is 3. The lowest BCUT2D eigenvalue weighted by Crippen LogP contribution is -2.71. The molecule has 3 aliphatic heterocycles. The summed E-state index contributed by atoms with van der Waals surface area (Å²) in [5.41, 5.74) is 0.460. The zero-order chi connectivity index (χ0) is 27.8. The summed E-state index contributed by atoms with van der Waals surface area (Å²) in [6.07, 6.45) is 1.82. The first-order chi connectivity index (χ1) is 18.7. The van der Waals surface area contributed by atoms with Crippen molar-refractivity contribution in [2.75, 3.05) is 25.4 Å². The Morgan fingerprint density at radius 2 is 1.85 bits per heavy atom. The number of thioether (sulfide) groups is 1. The summed E-state index contributed by atoms with van der Waals surface area (Å²) in [5, 5.41) is 14.3. The van der Waals surface area contributed by atoms with Crippen molar-refractivity contribution in [2.24, 2.45) is 0 Å². The average Bonchev–Trinajstić information content (AvgIpc) is 3.69. The minimum Gasteiger partial charge on any atom is -0.477 e. The number of urea groups is 2. The molecular weight excluding hydrogens is 530 g/mol. The van der Waals surface area contributed by atoms with Crippen molar-refractivity contribution in [2.45, 2.75) is 43.3 Å². The van der Waals surface area contributed by atoms with Crippen LogP contribution in [0.3, 0.4) is 0 Å². The first kappa shape index (κ1) is 26.5.